The maximum absolute atomic E-state index is 13.1. The summed E-state index contributed by atoms with van der Waals surface area (Å²) in [6.45, 7) is 6.94. The van der Waals surface area contributed by atoms with E-state index < -0.39 is 10.0 Å². The molecule has 0 radical (unpaired) electrons. The fourth-order valence-electron chi connectivity index (χ4n) is 3.54. The highest BCUT2D eigenvalue weighted by atomic mass is 32.2. The number of nitrogens with zero attached hydrogens (tertiary/aromatic N) is 1. The molecule has 0 fully saturated rings. The van der Waals surface area contributed by atoms with Crippen molar-refractivity contribution in [2.45, 2.75) is 38.6 Å². The van der Waals surface area contributed by atoms with Crippen molar-refractivity contribution in [2.24, 2.45) is 0 Å². The Bertz CT molecular complexity index is 1080. The van der Waals surface area contributed by atoms with Crippen LogP contribution in [0.15, 0.2) is 41.3 Å². The maximum Gasteiger partial charge on any atom is 0.243 e. The van der Waals surface area contributed by atoms with Gasteiger partial charge in [-0.05, 0) is 61.2 Å². The lowest BCUT2D eigenvalue weighted by molar-refractivity contribution is 0.391. The molecule has 1 aliphatic heterocycles. The molecule has 130 valence electrons. The minimum absolute atomic E-state index is 0.384. The van der Waals surface area contributed by atoms with Gasteiger partial charge in [-0.2, -0.15) is 4.31 Å². The van der Waals surface area contributed by atoms with Crippen LogP contribution >= 0.6 is 0 Å². The lowest BCUT2D eigenvalue weighted by Crippen LogP contribution is -2.35. The lowest BCUT2D eigenvalue weighted by atomic mass is 10.1. The van der Waals surface area contributed by atoms with E-state index in [4.69, 9.17) is 0 Å². The minimum Gasteiger partial charge on any atom is -0.358 e. The third-order valence-electron chi connectivity index (χ3n) is 5.21. The molecule has 5 heteroatoms. The molecular weight excluding hydrogens is 332 g/mol. The number of sulfonamides is 1. The van der Waals surface area contributed by atoms with Gasteiger partial charge in [0.25, 0.3) is 0 Å². The summed E-state index contributed by atoms with van der Waals surface area (Å²) in [4.78, 5) is 3.85. The molecule has 0 spiro atoms. The van der Waals surface area contributed by atoms with Gasteiger partial charge in [0, 0.05) is 36.1 Å². The number of hydrogen-bond donors (Lipinski definition) is 1. The summed E-state index contributed by atoms with van der Waals surface area (Å²) in [6.07, 6.45) is 0.715. The molecule has 4 nitrogen and oxygen atoms in total. The van der Waals surface area contributed by atoms with Crippen molar-refractivity contribution < 1.29 is 8.42 Å². The summed E-state index contributed by atoms with van der Waals surface area (Å²) >= 11 is 0. The zero-order valence-corrected chi connectivity index (χ0v) is 15.6. The molecule has 0 saturated heterocycles. The molecule has 1 N–H and O–H groups in total. The largest absolute Gasteiger partial charge is 0.358 e. The molecule has 3 aromatic rings. The molecule has 0 bridgehead atoms. The number of H-pyrrole nitrogens is 1. The van der Waals surface area contributed by atoms with Crippen LogP contribution in [0.3, 0.4) is 0 Å². The van der Waals surface area contributed by atoms with Gasteiger partial charge in [-0.1, -0.05) is 18.2 Å². The van der Waals surface area contributed by atoms with E-state index in [-0.39, 0.29) is 0 Å². The summed E-state index contributed by atoms with van der Waals surface area (Å²) in [5, 5.41) is 1.13. The highest BCUT2D eigenvalue weighted by Gasteiger charge is 2.30. The van der Waals surface area contributed by atoms with Crippen LogP contribution in [0.5, 0.6) is 0 Å². The van der Waals surface area contributed by atoms with Gasteiger partial charge in [-0.25, -0.2) is 8.42 Å². The normalized spacial score (nSPS) is 15.5. The Balaban J connectivity index is 1.74. The number of fused-ring (bicyclic) bond motifs is 3. The first-order valence-corrected chi connectivity index (χ1v) is 9.98. The van der Waals surface area contributed by atoms with Crippen LogP contribution in [0.2, 0.25) is 0 Å². The van der Waals surface area contributed by atoms with Crippen molar-refractivity contribution >= 4 is 20.9 Å². The highest BCUT2D eigenvalue weighted by molar-refractivity contribution is 7.89. The smallest absolute Gasteiger partial charge is 0.243 e. The van der Waals surface area contributed by atoms with Crippen molar-refractivity contribution in [1.82, 2.24) is 9.29 Å². The molecule has 0 aliphatic carbocycles. The van der Waals surface area contributed by atoms with E-state index in [1.54, 1.807) is 16.4 Å². The van der Waals surface area contributed by atoms with Gasteiger partial charge in [-0.3, -0.25) is 0 Å². The van der Waals surface area contributed by atoms with Crippen LogP contribution in [-0.4, -0.2) is 24.3 Å². The van der Waals surface area contributed by atoms with E-state index >= 15 is 0 Å². The standard InChI is InChI=1S/C20H22N2O2S/c1-13-4-7-17-18-12-22(9-8-19(18)21-20(17)10-13)25(23,24)16-6-5-14(2)15(3)11-16/h4-7,10-11,21H,8-9,12H2,1-3H3. The number of aromatic amines is 1. The summed E-state index contributed by atoms with van der Waals surface area (Å²) in [5.41, 5.74) is 6.66. The summed E-state index contributed by atoms with van der Waals surface area (Å²) in [6, 6.07) is 11.7. The van der Waals surface area contributed by atoms with Gasteiger partial charge in [0.1, 0.15) is 0 Å². The molecule has 2 heterocycles. The number of hydrogen-bond acceptors (Lipinski definition) is 2. The van der Waals surface area contributed by atoms with Crippen molar-refractivity contribution in [3.63, 3.8) is 0 Å². The zero-order valence-electron chi connectivity index (χ0n) is 14.8. The first-order chi connectivity index (χ1) is 11.9. The van der Waals surface area contributed by atoms with E-state index in [1.165, 1.54) is 5.56 Å². The Morgan fingerprint density at radius 1 is 1.00 bits per heavy atom. The predicted molar refractivity (Wildman–Crippen MR) is 100 cm³/mol. The first kappa shape index (κ1) is 16.4. The van der Waals surface area contributed by atoms with Crippen LogP contribution in [0.25, 0.3) is 10.9 Å². The Labute approximate surface area is 148 Å². The van der Waals surface area contributed by atoms with Gasteiger partial charge in [0.05, 0.1) is 4.90 Å². The molecule has 0 atom stereocenters. The van der Waals surface area contributed by atoms with E-state index in [9.17, 15) is 8.42 Å². The zero-order chi connectivity index (χ0) is 17.8. The van der Waals surface area contributed by atoms with E-state index in [1.807, 2.05) is 19.9 Å². The van der Waals surface area contributed by atoms with Crippen molar-refractivity contribution in [3.05, 3.63) is 64.3 Å². The SMILES string of the molecule is Cc1ccc2c3c([nH]c2c1)CCN(S(=O)(=O)c1ccc(C)c(C)c1)C3. The monoisotopic (exact) mass is 354 g/mol. The van der Waals surface area contributed by atoms with Crippen LogP contribution in [0.1, 0.15) is 27.9 Å². The summed E-state index contributed by atoms with van der Waals surface area (Å²) < 4.78 is 27.8. The number of rotatable bonds is 2. The lowest BCUT2D eigenvalue weighted by Gasteiger charge is -2.26. The fraction of sp³-hybridized carbons (Fsp3) is 0.300. The minimum atomic E-state index is -3.48. The van der Waals surface area contributed by atoms with Crippen molar-refractivity contribution in [1.29, 1.82) is 0 Å². The van der Waals surface area contributed by atoms with Crippen LogP contribution in [-0.2, 0) is 23.0 Å². The molecule has 4 rings (SSSR count). The van der Waals surface area contributed by atoms with Gasteiger partial charge >= 0.3 is 0 Å². The summed E-state index contributed by atoms with van der Waals surface area (Å²) in [7, 11) is -3.48. The predicted octanol–water partition coefficient (Wildman–Crippen LogP) is 3.84. The van der Waals surface area contributed by atoms with Gasteiger partial charge in [0.2, 0.25) is 10.0 Å². The molecule has 1 aliphatic rings. The first-order valence-electron chi connectivity index (χ1n) is 8.54. The second kappa shape index (κ2) is 5.71. The number of aromatic nitrogens is 1. The molecule has 0 unspecified atom stereocenters. The van der Waals surface area contributed by atoms with Crippen LogP contribution in [0, 0.1) is 20.8 Å². The Morgan fingerprint density at radius 3 is 2.56 bits per heavy atom. The average Bonchev–Trinajstić information content (AvgIpc) is 2.93. The second-order valence-corrected chi connectivity index (χ2v) is 8.90. The van der Waals surface area contributed by atoms with E-state index in [0.717, 1.165) is 33.3 Å². The Hall–Kier alpha value is -2.11. The van der Waals surface area contributed by atoms with Crippen molar-refractivity contribution in [2.75, 3.05) is 6.54 Å². The number of benzene rings is 2. The molecule has 1 aromatic heterocycles. The third kappa shape index (κ3) is 2.68. The molecule has 25 heavy (non-hydrogen) atoms. The van der Waals surface area contributed by atoms with Crippen LogP contribution in [0.4, 0.5) is 0 Å². The van der Waals surface area contributed by atoms with Gasteiger partial charge in [0.15, 0.2) is 0 Å². The molecule has 2 aromatic carbocycles. The van der Waals surface area contributed by atoms with Gasteiger partial charge in [-0.15, -0.1) is 0 Å². The van der Waals surface area contributed by atoms with Crippen molar-refractivity contribution in [3.8, 4) is 0 Å². The average molecular weight is 354 g/mol. The molecule has 0 saturated carbocycles. The second-order valence-electron chi connectivity index (χ2n) is 6.97. The highest BCUT2D eigenvalue weighted by Crippen LogP contribution is 2.31. The van der Waals surface area contributed by atoms with Gasteiger partial charge < -0.3 is 4.98 Å². The molecular formula is C20H22N2O2S. The Morgan fingerprint density at radius 2 is 1.80 bits per heavy atom. The number of nitrogens with one attached hydrogen (secondary N) is 1. The van der Waals surface area contributed by atoms with Crippen LogP contribution < -0.4 is 0 Å². The van der Waals surface area contributed by atoms with E-state index in [0.29, 0.717) is 24.4 Å². The molecule has 0 amide bonds. The topological polar surface area (TPSA) is 53.2 Å². The fourth-order valence-corrected chi connectivity index (χ4v) is 5.03. The van der Waals surface area contributed by atoms with E-state index in [2.05, 4.69) is 30.1 Å². The Kier molecular flexibility index (Phi) is 3.74. The maximum atomic E-state index is 13.1. The summed E-state index contributed by atoms with van der Waals surface area (Å²) in [5.74, 6) is 0. The quantitative estimate of drug-likeness (QED) is 0.760. The number of aryl methyl sites for hydroxylation is 3. The third-order valence-corrected chi connectivity index (χ3v) is 7.05.